The molecular weight excluding hydrogens is 226 g/mol. The summed E-state index contributed by atoms with van der Waals surface area (Å²) in [6.45, 7) is 9.16. The average Bonchev–Trinajstić information content (AvgIpc) is 2.40. The summed E-state index contributed by atoms with van der Waals surface area (Å²) >= 11 is 0. The molecule has 1 aliphatic rings. The minimum atomic E-state index is 0.304. The molecular formula is C14H23N3O. The molecule has 1 fully saturated rings. The Morgan fingerprint density at radius 2 is 2.44 bits per heavy atom. The van der Waals surface area contributed by atoms with Crippen molar-refractivity contribution in [3.8, 4) is 0 Å². The molecule has 4 nitrogen and oxygen atoms in total. The summed E-state index contributed by atoms with van der Waals surface area (Å²) in [5.41, 5.74) is 1.22. The highest BCUT2D eigenvalue weighted by atomic mass is 16.5. The van der Waals surface area contributed by atoms with E-state index in [-0.39, 0.29) is 0 Å². The molecule has 1 unspecified atom stereocenters. The van der Waals surface area contributed by atoms with Gasteiger partial charge >= 0.3 is 0 Å². The summed E-state index contributed by atoms with van der Waals surface area (Å²) in [5.74, 6) is 0. The molecule has 1 aliphatic heterocycles. The highest BCUT2D eigenvalue weighted by Crippen LogP contribution is 2.08. The number of ether oxygens (including phenoxy) is 1. The minimum Gasteiger partial charge on any atom is -0.374 e. The molecule has 4 heteroatoms. The van der Waals surface area contributed by atoms with Crippen LogP contribution in [0.25, 0.3) is 0 Å². The third kappa shape index (κ3) is 4.05. The molecule has 0 spiro atoms. The standard InChI is InChI=1S/C14H23N3O/c1-12(2)17-6-7-18-14(11-17)10-16-9-13-4-3-5-15-8-13/h3-5,8,12,14,16H,6-7,9-11H2,1-2H3. The monoisotopic (exact) mass is 249 g/mol. The molecule has 100 valence electrons. The van der Waals surface area contributed by atoms with Gasteiger partial charge < -0.3 is 10.1 Å². The first-order chi connectivity index (χ1) is 8.75. The maximum absolute atomic E-state index is 5.78. The van der Waals surface area contributed by atoms with Crippen molar-refractivity contribution >= 4 is 0 Å². The number of rotatable bonds is 5. The van der Waals surface area contributed by atoms with Gasteiger partial charge in [0.15, 0.2) is 0 Å². The molecule has 1 N–H and O–H groups in total. The van der Waals surface area contributed by atoms with Crippen molar-refractivity contribution in [2.75, 3.05) is 26.2 Å². The van der Waals surface area contributed by atoms with Gasteiger partial charge in [0.25, 0.3) is 0 Å². The second kappa shape index (κ2) is 6.83. The highest BCUT2D eigenvalue weighted by Gasteiger charge is 2.21. The molecule has 0 radical (unpaired) electrons. The Bertz CT molecular complexity index is 342. The van der Waals surface area contributed by atoms with Gasteiger partial charge in [0.2, 0.25) is 0 Å². The molecule has 1 atom stereocenters. The van der Waals surface area contributed by atoms with Gasteiger partial charge in [-0.3, -0.25) is 9.88 Å². The molecule has 2 heterocycles. The van der Waals surface area contributed by atoms with Crippen molar-refractivity contribution < 1.29 is 4.74 Å². The smallest absolute Gasteiger partial charge is 0.0826 e. The predicted molar refractivity (Wildman–Crippen MR) is 72.4 cm³/mol. The van der Waals surface area contributed by atoms with Gasteiger partial charge in [-0.05, 0) is 25.5 Å². The van der Waals surface area contributed by atoms with Crippen molar-refractivity contribution in [1.29, 1.82) is 0 Å². The fourth-order valence-corrected chi connectivity index (χ4v) is 2.21. The lowest BCUT2D eigenvalue weighted by molar-refractivity contribution is -0.0372. The van der Waals surface area contributed by atoms with Crippen LogP contribution in [-0.4, -0.2) is 48.3 Å². The molecule has 0 aromatic carbocycles. The second-order valence-corrected chi connectivity index (χ2v) is 5.07. The van der Waals surface area contributed by atoms with Gasteiger partial charge in [-0.2, -0.15) is 0 Å². The predicted octanol–water partition coefficient (Wildman–Crippen LogP) is 1.28. The van der Waals surface area contributed by atoms with Crippen LogP contribution >= 0.6 is 0 Å². The number of pyridine rings is 1. The fourth-order valence-electron chi connectivity index (χ4n) is 2.21. The molecule has 0 amide bonds. The van der Waals surface area contributed by atoms with E-state index in [0.29, 0.717) is 12.1 Å². The van der Waals surface area contributed by atoms with Crippen molar-refractivity contribution in [3.05, 3.63) is 30.1 Å². The van der Waals surface area contributed by atoms with Crippen LogP contribution in [0.1, 0.15) is 19.4 Å². The Morgan fingerprint density at radius 3 is 3.17 bits per heavy atom. The Morgan fingerprint density at radius 1 is 1.56 bits per heavy atom. The van der Waals surface area contributed by atoms with Crippen LogP contribution in [0, 0.1) is 0 Å². The van der Waals surface area contributed by atoms with E-state index < -0.39 is 0 Å². The zero-order valence-corrected chi connectivity index (χ0v) is 11.3. The first-order valence-electron chi connectivity index (χ1n) is 6.71. The number of morpholine rings is 1. The number of nitrogens with zero attached hydrogens (tertiary/aromatic N) is 2. The summed E-state index contributed by atoms with van der Waals surface area (Å²) in [5, 5.41) is 3.44. The average molecular weight is 249 g/mol. The largest absolute Gasteiger partial charge is 0.374 e. The summed E-state index contributed by atoms with van der Waals surface area (Å²) in [6, 6.07) is 4.66. The van der Waals surface area contributed by atoms with Crippen molar-refractivity contribution in [2.24, 2.45) is 0 Å². The Labute approximate surface area is 109 Å². The Hall–Kier alpha value is -0.970. The molecule has 0 saturated carbocycles. The molecule has 2 rings (SSSR count). The van der Waals surface area contributed by atoms with Crippen LogP contribution in [0.4, 0.5) is 0 Å². The highest BCUT2D eigenvalue weighted by molar-refractivity contribution is 5.07. The number of hydrogen-bond donors (Lipinski definition) is 1. The SMILES string of the molecule is CC(C)N1CCOC(CNCc2cccnc2)C1. The summed E-state index contributed by atoms with van der Waals surface area (Å²) in [6.07, 6.45) is 4.00. The number of hydrogen-bond acceptors (Lipinski definition) is 4. The van der Waals surface area contributed by atoms with E-state index in [1.165, 1.54) is 5.56 Å². The summed E-state index contributed by atoms with van der Waals surface area (Å²) in [4.78, 5) is 6.58. The molecule has 1 aromatic rings. The van der Waals surface area contributed by atoms with Gasteiger partial charge in [0.05, 0.1) is 12.7 Å². The lowest BCUT2D eigenvalue weighted by Crippen LogP contribution is -2.48. The van der Waals surface area contributed by atoms with E-state index in [0.717, 1.165) is 32.8 Å². The molecule has 1 saturated heterocycles. The van der Waals surface area contributed by atoms with Crippen LogP contribution in [-0.2, 0) is 11.3 Å². The Kier molecular flexibility index (Phi) is 5.11. The van der Waals surface area contributed by atoms with E-state index in [9.17, 15) is 0 Å². The zero-order valence-electron chi connectivity index (χ0n) is 11.3. The maximum Gasteiger partial charge on any atom is 0.0826 e. The van der Waals surface area contributed by atoms with Gasteiger partial charge in [-0.15, -0.1) is 0 Å². The minimum absolute atomic E-state index is 0.304. The van der Waals surface area contributed by atoms with Gasteiger partial charge in [-0.1, -0.05) is 6.07 Å². The van der Waals surface area contributed by atoms with Crippen LogP contribution in [0.3, 0.4) is 0 Å². The quantitative estimate of drug-likeness (QED) is 0.853. The second-order valence-electron chi connectivity index (χ2n) is 5.07. The van der Waals surface area contributed by atoms with E-state index in [1.807, 2.05) is 12.3 Å². The molecule has 0 bridgehead atoms. The van der Waals surface area contributed by atoms with Crippen LogP contribution in [0.15, 0.2) is 24.5 Å². The van der Waals surface area contributed by atoms with E-state index in [4.69, 9.17) is 4.74 Å². The topological polar surface area (TPSA) is 37.4 Å². The molecule has 1 aromatic heterocycles. The summed E-state index contributed by atoms with van der Waals surface area (Å²) < 4.78 is 5.78. The zero-order chi connectivity index (χ0) is 12.8. The van der Waals surface area contributed by atoms with E-state index in [2.05, 4.69) is 35.1 Å². The normalized spacial score (nSPS) is 21.4. The van der Waals surface area contributed by atoms with Crippen molar-refractivity contribution in [1.82, 2.24) is 15.2 Å². The Balaban J connectivity index is 1.70. The van der Waals surface area contributed by atoms with Crippen LogP contribution in [0.5, 0.6) is 0 Å². The third-order valence-electron chi connectivity index (χ3n) is 3.32. The summed E-state index contributed by atoms with van der Waals surface area (Å²) in [7, 11) is 0. The number of nitrogens with one attached hydrogen (secondary N) is 1. The molecule has 18 heavy (non-hydrogen) atoms. The lowest BCUT2D eigenvalue weighted by atomic mass is 10.2. The van der Waals surface area contributed by atoms with E-state index >= 15 is 0 Å². The van der Waals surface area contributed by atoms with Gasteiger partial charge in [-0.25, -0.2) is 0 Å². The third-order valence-corrected chi connectivity index (χ3v) is 3.32. The lowest BCUT2D eigenvalue weighted by Gasteiger charge is -2.35. The number of aromatic nitrogens is 1. The van der Waals surface area contributed by atoms with Crippen molar-refractivity contribution in [2.45, 2.75) is 32.5 Å². The van der Waals surface area contributed by atoms with Gasteiger partial charge in [0, 0.05) is 44.6 Å². The first kappa shape index (κ1) is 13.5. The van der Waals surface area contributed by atoms with Gasteiger partial charge in [0.1, 0.15) is 0 Å². The van der Waals surface area contributed by atoms with Crippen LogP contribution < -0.4 is 5.32 Å². The maximum atomic E-state index is 5.78. The fraction of sp³-hybridized carbons (Fsp3) is 0.643. The molecule has 0 aliphatic carbocycles. The first-order valence-corrected chi connectivity index (χ1v) is 6.71. The van der Waals surface area contributed by atoms with Crippen molar-refractivity contribution in [3.63, 3.8) is 0 Å². The van der Waals surface area contributed by atoms with E-state index in [1.54, 1.807) is 6.20 Å². The van der Waals surface area contributed by atoms with Crippen LogP contribution in [0.2, 0.25) is 0 Å².